The lowest BCUT2D eigenvalue weighted by Gasteiger charge is -2.14. The highest BCUT2D eigenvalue weighted by Gasteiger charge is 2.21. The van der Waals surface area contributed by atoms with Crippen LogP contribution in [0.25, 0.3) is 0 Å². The van der Waals surface area contributed by atoms with E-state index in [1.54, 1.807) is 24.3 Å². The van der Waals surface area contributed by atoms with Crippen LogP contribution in [-0.4, -0.2) is 33.0 Å². The molecule has 11 heteroatoms. The van der Waals surface area contributed by atoms with Crippen LogP contribution in [0.2, 0.25) is 10.2 Å². The van der Waals surface area contributed by atoms with E-state index in [1.165, 1.54) is 37.6 Å². The third-order valence-electron chi connectivity index (χ3n) is 4.19. The maximum Gasteiger partial charge on any atom is 0.265 e. The van der Waals surface area contributed by atoms with Crippen molar-refractivity contribution in [3.8, 4) is 11.5 Å². The van der Waals surface area contributed by atoms with Crippen molar-refractivity contribution >= 4 is 50.5 Å². The number of pyridine rings is 1. The third-order valence-corrected chi connectivity index (χ3v) is 6.28. The van der Waals surface area contributed by atoms with Gasteiger partial charge in [-0.1, -0.05) is 23.2 Å². The van der Waals surface area contributed by atoms with Gasteiger partial charge in [-0.15, -0.1) is 0 Å². The number of ether oxygens (including phenoxy) is 2. The Labute approximate surface area is 195 Å². The summed E-state index contributed by atoms with van der Waals surface area (Å²) in [5.74, 6) is 0.191. The van der Waals surface area contributed by atoms with Crippen molar-refractivity contribution in [2.75, 3.05) is 23.8 Å². The zero-order valence-corrected chi connectivity index (χ0v) is 19.4. The summed E-state index contributed by atoms with van der Waals surface area (Å²) in [4.78, 5) is 16.2. The summed E-state index contributed by atoms with van der Waals surface area (Å²) in [5, 5.41) is 2.80. The van der Waals surface area contributed by atoms with E-state index in [2.05, 4.69) is 15.0 Å². The molecule has 8 nitrogen and oxygen atoms in total. The molecule has 0 aliphatic rings. The molecule has 1 aromatic heterocycles. The standard InChI is InChI=1S/C21H19Cl2N3O5S/c1-3-31-16-7-4-14(5-8-16)26-32(28,29)19-11-15(6-9-18(19)30-2)25-21(27)13-10-17(22)20(23)24-12-13/h4-12,26H,3H2,1-2H3,(H,25,27). The molecular formula is C21H19Cl2N3O5S. The van der Waals surface area contributed by atoms with Gasteiger partial charge < -0.3 is 14.8 Å². The molecular weight excluding hydrogens is 477 g/mol. The number of anilines is 2. The molecule has 0 radical (unpaired) electrons. The van der Waals surface area contributed by atoms with Crippen LogP contribution < -0.4 is 19.5 Å². The summed E-state index contributed by atoms with van der Waals surface area (Å²) < 4.78 is 39.1. The van der Waals surface area contributed by atoms with Gasteiger partial charge in [0.25, 0.3) is 15.9 Å². The first-order valence-corrected chi connectivity index (χ1v) is 11.5. The lowest BCUT2D eigenvalue weighted by Crippen LogP contribution is -2.16. The number of amides is 1. The van der Waals surface area contributed by atoms with E-state index in [0.29, 0.717) is 18.0 Å². The number of nitrogens with zero attached hydrogens (tertiary/aromatic N) is 1. The Kier molecular flexibility index (Phi) is 7.44. The number of carbonyl (C=O) groups is 1. The van der Waals surface area contributed by atoms with Crippen molar-refractivity contribution in [3.63, 3.8) is 0 Å². The van der Waals surface area contributed by atoms with Gasteiger partial charge in [0.05, 0.1) is 24.3 Å². The van der Waals surface area contributed by atoms with Gasteiger partial charge in [-0.2, -0.15) is 0 Å². The van der Waals surface area contributed by atoms with Crippen molar-refractivity contribution in [2.24, 2.45) is 0 Å². The predicted octanol–water partition coefficient (Wildman–Crippen LogP) is 4.85. The van der Waals surface area contributed by atoms with Gasteiger partial charge in [0.15, 0.2) is 0 Å². The summed E-state index contributed by atoms with van der Waals surface area (Å²) in [6, 6.07) is 12.1. The van der Waals surface area contributed by atoms with Gasteiger partial charge >= 0.3 is 0 Å². The summed E-state index contributed by atoms with van der Waals surface area (Å²) in [6.45, 7) is 2.35. The minimum Gasteiger partial charge on any atom is -0.495 e. The number of benzene rings is 2. The quantitative estimate of drug-likeness (QED) is 0.432. The average molecular weight is 496 g/mol. The van der Waals surface area contributed by atoms with Crippen LogP contribution in [0.15, 0.2) is 59.6 Å². The van der Waals surface area contributed by atoms with E-state index in [0.717, 1.165) is 0 Å². The van der Waals surface area contributed by atoms with Gasteiger partial charge in [-0.25, -0.2) is 13.4 Å². The number of hydrogen-bond donors (Lipinski definition) is 2. The van der Waals surface area contributed by atoms with Crippen LogP contribution >= 0.6 is 23.2 Å². The SMILES string of the molecule is CCOc1ccc(NS(=O)(=O)c2cc(NC(=O)c3cnc(Cl)c(Cl)c3)ccc2OC)cc1. The van der Waals surface area contributed by atoms with Gasteiger partial charge in [-0.3, -0.25) is 9.52 Å². The number of sulfonamides is 1. The Bertz CT molecular complexity index is 1230. The highest BCUT2D eigenvalue weighted by molar-refractivity contribution is 7.92. The zero-order chi connectivity index (χ0) is 23.3. The largest absolute Gasteiger partial charge is 0.495 e. The summed E-state index contributed by atoms with van der Waals surface area (Å²) in [6.07, 6.45) is 1.26. The number of halogens is 2. The molecule has 2 aromatic carbocycles. The lowest BCUT2D eigenvalue weighted by atomic mass is 10.2. The highest BCUT2D eigenvalue weighted by Crippen LogP contribution is 2.30. The van der Waals surface area contributed by atoms with Gasteiger partial charge in [-0.05, 0) is 55.5 Å². The van der Waals surface area contributed by atoms with Crippen molar-refractivity contribution in [2.45, 2.75) is 11.8 Å². The number of rotatable bonds is 8. The van der Waals surface area contributed by atoms with E-state index in [-0.39, 0.29) is 32.1 Å². The van der Waals surface area contributed by atoms with E-state index < -0.39 is 15.9 Å². The monoisotopic (exact) mass is 495 g/mol. The number of methoxy groups -OCH3 is 1. The first kappa shape index (κ1) is 23.6. The topological polar surface area (TPSA) is 107 Å². The first-order chi connectivity index (χ1) is 15.2. The highest BCUT2D eigenvalue weighted by atomic mass is 35.5. The van der Waals surface area contributed by atoms with E-state index in [9.17, 15) is 13.2 Å². The van der Waals surface area contributed by atoms with Gasteiger partial charge in [0.2, 0.25) is 0 Å². The summed E-state index contributed by atoms with van der Waals surface area (Å²) >= 11 is 11.7. The van der Waals surface area contributed by atoms with Gasteiger partial charge in [0, 0.05) is 17.6 Å². The van der Waals surface area contributed by atoms with Crippen molar-refractivity contribution in [3.05, 3.63) is 70.5 Å². The Balaban J connectivity index is 1.86. The molecule has 3 aromatic rings. The number of nitrogens with one attached hydrogen (secondary N) is 2. The summed E-state index contributed by atoms with van der Waals surface area (Å²) in [7, 11) is -2.68. The molecule has 3 rings (SSSR count). The number of aromatic nitrogens is 1. The Morgan fingerprint density at radius 2 is 1.75 bits per heavy atom. The lowest BCUT2D eigenvalue weighted by molar-refractivity contribution is 0.102. The van der Waals surface area contributed by atoms with Crippen LogP contribution in [0, 0.1) is 0 Å². The van der Waals surface area contributed by atoms with Crippen LogP contribution in [-0.2, 0) is 10.0 Å². The first-order valence-electron chi connectivity index (χ1n) is 9.29. The Morgan fingerprint density at radius 3 is 2.38 bits per heavy atom. The predicted molar refractivity (Wildman–Crippen MR) is 124 cm³/mol. The van der Waals surface area contributed by atoms with Crippen molar-refractivity contribution < 1.29 is 22.7 Å². The fourth-order valence-electron chi connectivity index (χ4n) is 2.71. The molecule has 0 unspecified atom stereocenters. The number of carbonyl (C=O) groups excluding carboxylic acids is 1. The van der Waals surface area contributed by atoms with E-state index >= 15 is 0 Å². The molecule has 168 valence electrons. The maximum atomic E-state index is 13.0. The third kappa shape index (κ3) is 5.61. The fraction of sp³-hybridized carbons (Fsp3) is 0.143. The minimum atomic E-state index is -4.03. The van der Waals surface area contributed by atoms with Gasteiger partial charge in [0.1, 0.15) is 21.5 Å². The summed E-state index contributed by atoms with van der Waals surface area (Å²) in [5.41, 5.74) is 0.730. The fourth-order valence-corrected chi connectivity index (χ4v) is 4.23. The van der Waals surface area contributed by atoms with E-state index in [4.69, 9.17) is 32.7 Å². The number of hydrogen-bond acceptors (Lipinski definition) is 6. The molecule has 0 saturated carbocycles. The zero-order valence-electron chi connectivity index (χ0n) is 17.1. The second kappa shape index (κ2) is 10.1. The van der Waals surface area contributed by atoms with Crippen molar-refractivity contribution in [1.29, 1.82) is 0 Å². The smallest absolute Gasteiger partial charge is 0.265 e. The molecule has 0 aliphatic carbocycles. The molecule has 0 spiro atoms. The molecule has 0 fully saturated rings. The molecule has 0 aliphatic heterocycles. The van der Waals surface area contributed by atoms with E-state index in [1.807, 2.05) is 6.92 Å². The van der Waals surface area contributed by atoms with Crippen LogP contribution in [0.4, 0.5) is 11.4 Å². The minimum absolute atomic E-state index is 0.0707. The molecule has 2 N–H and O–H groups in total. The second-order valence-electron chi connectivity index (χ2n) is 6.38. The normalized spacial score (nSPS) is 11.0. The molecule has 0 bridgehead atoms. The average Bonchev–Trinajstić information content (AvgIpc) is 2.77. The van der Waals surface area contributed by atoms with Crippen molar-refractivity contribution in [1.82, 2.24) is 4.98 Å². The Hall–Kier alpha value is -3.01. The van der Waals surface area contributed by atoms with Crippen LogP contribution in [0.3, 0.4) is 0 Å². The van der Waals surface area contributed by atoms with Crippen LogP contribution in [0.1, 0.15) is 17.3 Å². The Morgan fingerprint density at radius 1 is 1.06 bits per heavy atom. The molecule has 32 heavy (non-hydrogen) atoms. The molecule has 0 saturated heterocycles. The second-order valence-corrected chi connectivity index (χ2v) is 8.80. The maximum absolute atomic E-state index is 13.0. The molecule has 0 atom stereocenters. The van der Waals surface area contributed by atoms with Crippen LogP contribution in [0.5, 0.6) is 11.5 Å². The molecule has 1 heterocycles. The molecule has 1 amide bonds.